The molecule has 1 N–H and O–H groups in total. The highest BCUT2D eigenvalue weighted by atomic mass is 19.1. The number of carbonyl (C=O) groups excluding carboxylic acids is 1. The third kappa shape index (κ3) is 4.89. The van der Waals surface area contributed by atoms with E-state index in [4.69, 9.17) is 4.42 Å². The molecule has 0 bridgehead atoms. The van der Waals surface area contributed by atoms with Crippen LogP contribution in [-0.4, -0.2) is 60.0 Å². The molecule has 0 aliphatic rings. The number of hydrogen-bond donors (Lipinski definition) is 1. The predicted octanol–water partition coefficient (Wildman–Crippen LogP) is 3.67. The molecule has 9 heteroatoms. The maximum absolute atomic E-state index is 13.1. The van der Waals surface area contributed by atoms with Gasteiger partial charge >= 0.3 is 0 Å². The minimum atomic E-state index is -0.394. The number of benzene rings is 2. The fourth-order valence-electron chi connectivity index (χ4n) is 3.01. The van der Waals surface area contributed by atoms with Crippen LogP contribution in [0.1, 0.15) is 10.5 Å². The number of carbonyl (C=O) groups is 1. The molecule has 0 atom stereocenters. The minimum absolute atomic E-state index is 0.167. The first kappa shape index (κ1) is 21.4. The summed E-state index contributed by atoms with van der Waals surface area (Å²) in [7, 11) is 5.94. The average molecular weight is 434 g/mol. The zero-order valence-corrected chi connectivity index (χ0v) is 18.0. The van der Waals surface area contributed by atoms with Crippen LogP contribution in [0, 0.1) is 5.82 Å². The van der Waals surface area contributed by atoms with Crippen molar-refractivity contribution < 1.29 is 13.6 Å². The Morgan fingerprint density at radius 3 is 2.50 bits per heavy atom. The Morgan fingerprint density at radius 1 is 1.03 bits per heavy atom. The number of rotatable bonds is 7. The van der Waals surface area contributed by atoms with Crippen molar-refractivity contribution in [3.05, 3.63) is 66.4 Å². The van der Waals surface area contributed by atoms with Crippen LogP contribution in [0.2, 0.25) is 0 Å². The Bertz CT molecular complexity index is 1220. The van der Waals surface area contributed by atoms with Crippen molar-refractivity contribution in [1.82, 2.24) is 19.9 Å². The number of fused-ring (bicyclic) bond motifs is 1. The largest absolute Gasteiger partial charge is 0.423 e. The van der Waals surface area contributed by atoms with Gasteiger partial charge in [0.05, 0.1) is 18.1 Å². The number of likely N-dealkylation sites (N-methyl/N-ethyl adjacent to an activating group) is 2. The second kappa shape index (κ2) is 9.11. The predicted molar refractivity (Wildman–Crippen MR) is 121 cm³/mol. The van der Waals surface area contributed by atoms with E-state index in [0.29, 0.717) is 34.1 Å². The van der Waals surface area contributed by atoms with Crippen molar-refractivity contribution >= 4 is 28.7 Å². The first-order chi connectivity index (χ1) is 15.4. The maximum Gasteiger partial charge on any atom is 0.298 e. The smallest absolute Gasteiger partial charge is 0.298 e. The Hall–Kier alpha value is -3.85. The Morgan fingerprint density at radius 2 is 1.81 bits per heavy atom. The van der Waals surface area contributed by atoms with Crippen LogP contribution in [-0.2, 0) is 0 Å². The van der Waals surface area contributed by atoms with Gasteiger partial charge in [-0.05, 0) is 56.6 Å². The van der Waals surface area contributed by atoms with E-state index in [9.17, 15) is 9.18 Å². The molecule has 8 nitrogen and oxygen atoms in total. The van der Waals surface area contributed by atoms with Crippen LogP contribution in [0.5, 0.6) is 0 Å². The summed E-state index contributed by atoms with van der Waals surface area (Å²) in [6, 6.07) is 11.7. The number of halogens is 1. The highest BCUT2D eigenvalue weighted by Gasteiger charge is 2.13. The highest BCUT2D eigenvalue weighted by molar-refractivity contribution is 6.03. The van der Waals surface area contributed by atoms with Gasteiger partial charge in [0.25, 0.3) is 11.9 Å². The Kier molecular flexibility index (Phi) is 6.09. The lowest BCUT2D eigenvalue weighted by Crippen LogP contribution is -2.28. The molecule has 32 heavy (non-hydrogen) atoms. The zero-order valence-electron chi connectivity index (χ0n) is 18.0. The minimum Gasteiger partial charge on any atom is -0.423 e. The Balaban J connectivity index is 1.45. The molecule has 2 aromatic carbocycles. The quantitative estimate of drug-likeness (QED) is 0.475. The van der Waals surface area contributed by atoms with Crippen LogP contribution in [0.15, 0.2) is 59.3 Å². The third-order valence-electron chi connectivity index (χ3n) is 4.87. The van der Waals surface area contributed by atoms with Gasteiger partial charge in [0.1, 0.15) is 17.0 Å². The first-order valence-electron chi connectivity index (χ1n) is 10.0. The molecule has 0 saturated heterocycles. The Labute approximate surface area is 184 Å². The molecule has 0 spiro atoms. The van der Waals surface area contributed by atoms with E-state index in [2.05, 4.69) is 25.2 Å². The van der Waals surface area contributed by atoms with Crippen molar-refractivity contribution in [3.8, 4) is 11.3 Å². The molecule has 4 aromatic rings. The standard InChI is InChI=1S/C23H23FN6O2/c1-29(2)10-11-30(3)23-28-18-12-17(8-9-21(18)32-23)27-22(31)20-14-25-19(13-26-20)15-4-6-16(24)7-5-15/h4-9,12-14H,10-11H2,1-3H3,(H,27,31). The molecule has 2 heterocycles. The summed E-state index contributed by atoms with van der Waals surface area (Å²) >= 11 is 0. The molecule has 0 unspecified atom stereocenters. The van der Waals surface area contributed by atoms with Gasteiger partial charge in [0.2, 0.25) is 0 Å². The van der Waals surface area contributed by atoms with E-state index in [1.165, 1.54) is 24.5 Å². The van der Waals surface area contributed by atoms with E-state index in [1.807, 2.05) is 26.0 Å². The van der Waals surface area contributed by atoms with Crippen LogP contribution in [0.4, 0.5) is 16.1 Å². The highest BCUT2D eigenvalue weighted by Crippen LogP contribution is 2.24. The van der Waals surface area contributed by atoms with E-state index in [1.54, 1.807) is 30.3 Å². The van der Waals surface area contributed by atoms with Gasteiger partial charge < -0.3 is 19.5 Å². The lowest BCUT2D eigenvalue weighted by Gasteiger charge is -2.17. The van der Waals surface area contributed by atoms with Gasteiger partial charge in [0, 0.05) is 31.4 Å². The molecule has 164 valence electrons. The van der Waals surface area contributed by atoms with Crippen molar-refractivity contribution in [2.45, 2.75) is 0 Å². The van der Waals surface area contributed by atoms with E-state index >= 15 is 0 Å². The number of nitrogens with zero attached hydrogens (tertiary/aromatic N) is 5. The van der Waals surface area contributed by atoms with Crippen LogP contribution < -0.4 is 10.2 Å². The van der Waals surface area contributed by atoms with Gasteiger partial charge in [-0.15, -0.1) is 0 Å². The SMILES string of the molecule is CN(C)CCN(C)c1nc2cc(NC(=O)c3cnc(-c4ccc(F)cc4)cn3)ccc2o1. The normalized spacial score (nSPS) is 11.2. The number of hydrogen-bond acceptors (Lipinski definition) is 7. The monoisotopic (exact) mass is 434 g/mol. The molecule has 2 aromatic heterocycles. The van der Waals surface area contributed by atoms with Crippen molar-refractivity contribution in [2.75, 3.05) is 44.4 Å². The lowest BCUT2D eigenvalue weighted by atomic mass is 10.1. The maximum atomic E-state index is 13.1. The van der Waals surface area contributed by atoms with Crippen LogP contribution in [0.25, 0.3) is 22.4 Å². The fourth-order valence-corrected chi connectivity index (χ4v) is 3.01. The molecule has 0 aliphatic carbocycles. The second-order valence-corrected chi connectivity index (χ2v) is 7.65. The zero-order chi connectivity index (χ0) is 22.7. The molecule has 0 radical (unpaired) electrons. The third-order valence-corrected chi connectivity index (χ3v) is 4.87. The van der Waals surface area contributed by atoms with Crippen molar-refractivity contribution in [3.63, 3.8) is 0 Å². The topological polar surface area (TPSA) is 87.4 Å². The second-order valence-electron chi connectivity index (χ2n) is 7.65. The number of aromatic nitrogens is 3. The van der Waals surface area contributed by atoms with Crippen molar-refractivity contribution in [1.29, 1.82) is 0 Å². The summed E-state index contributed by atoms with van der Waals surface area (Å²) in [5.74, 6) is -0.719. The first-order valence-corrected chi connectivity index (χ1v) is 10.0. The molecular weight excluding hydrogens is 411 g/mol. The fraction of sp³-hybridized carbons (Fsp3) is 0.217. The summed E-state index contributed by atoms with van der Waals surface area (Å²) in [4.78, 5) is 29.6. The molecular formula is C23H23FN6O2. The molecule has 0 saturated carbocycles. The number of amides is 1. The van der Waals surface area contributed by atoms with E-state index < -0.39 is 5.91 Å². The molecule has 4 rings (SSSR count). The van der Waals surface area contributed by atoms with Gasteiger partial charge in [-0.25, -0.2) is 9.37 Å². The van der Waals surface area contributed by atoms with E-state index in [0.717, 1.165) is 13.1 Å². The van der Waals surface area contributed by atoms with Gasteiger partial charge in [-0.2, -0.15) is 4.98 Å². The summed E-state index contributed by atoms with van der Waals surface area (Å²) in [5, 5.41) is 2.80. The molecule has 0 fully saturated rings. The lowest BCUT2D eigenvalue weighted by molar-refractivity contribution is 0.102. The number of anilines is 2. The summed E-state index contributed by atoms with van der Waals surface area (Å²) in [6.07, 6.45) is 2.87. The van der Waals surface area contributed by atoms with Crippen molar-refractivity contribution in [2.24, 2.45) is 0 Å². The van der Waals surface area contributed by atoms with Crippen LogP contribution in [0.3, 0.4) is 0 Å². The van der Waals surface area contributed by atoms with E-state index in [-0.39, 0.29) is 11.5 Å². The van der Waals surface area contributed by atoms with Crippen LogP contribution >= 0.6 is 0 Å². The average Bonchev–Trinajstić information content (AvgIpc) is 3.21. The van der Waals surface area contributed by atoms with Gasteiger partial charge in [-0.1, -0.05) is 0 Å². The number of nitrogens with one attached hydrogen (secondary N) is 1. The number of oxazole rings is 1. The van der Waals surface area contributed by atoms with Gasteiger partial charge in [-0.3, -0.25) is 9.78 Å². The van der Waals surface area contributed by atoms with Gasteiger partial charge in [0.15, 0.2) is 5.58 Å². The molecule has 1 amide bonds. The molecule has 0 aliphatic heterocycles. The summed E-state index contributed by atoms with van der Waals surface area (Å²) < 4.78 is 18.9. The summed E-state index contributed by atoms with van der Waals surface area (Å²) in [6.45, 7) is 1.65. The summed E-state index contributed by atoms with van der Waals surface area (Å²) in [5.41, 5.74) is 3.29.